The third-order valence-corrected chi connectivity index (χ3v) is 4.78. The number of thiophene rings is 1. The zero-order valence-corrected chi connectivity index (χ0v) is 14.5. The Kier molecular flexibility index (Phi) is 4.26. The Balaban J connectivity index is 2.24. The molecule has 0 aromatic carbocycles. The summed E-state index contributed by atoms with van der Waals surface area (Å²) in [5, 5.41) is 3.81. The molecule has 122 valence electrons. The van der Waals surface area contributed by atoms with E-state index in [-0.39, 0.29) is 5.56 Å². The minimum absolute atomic E-state index is 0.108. The van der Waals surface area contributed by atoms with Gasteiger partial charge in [0.05, 0.1) is 5.39 Å². The van der Waals surface area contributed by atoms with Crippen LogP contribution in [0.5, 0.6) is 0 Å². The van der Waals surface area contributed by atoms with Crippen LogP contribution in [-0.2, 0) is 0 Å². The van der Waals surface area contributed by atoms with Crippen molar-refractivity contribution in [2.24, 2.45) is 0 Å². The number of hydrogen-bond acceptors (Lipinski definition) is 6. The average Bonchev–Trinajstić information content (AvgIpc) is 2.99. The van der Waals surface area contributed by atoms with Gasteiger partial charge in [-0.1, -0.05) is 24.3 Å². The topological polar surface area (TPSA) is 72.7 Å². The summed E-state index contributed by atoms with van der Waals surface area (Å²) in [5.41, 5.74) is 2.33. The largest absolute Gasteiger partial charge is 0.372 e. The molecule has 0 bridgehead atoms. The highest BCUT2D eigenvalue weighted by Crippen LogP contribution is 2.32. The maximum Gasteiger partial charge on any atom is 0.275 e. The van der Waals surface area contributed by atoms with E-state index in [9.17, 15) is 4.79 Å². The highest BCUT2D eigenvalue weighted by molar-refractivity contribution is 7.25. The summed E-state index contributed by atoms with van der Waals surface area (Å²) >= 11 is 1.33. The first kappa shape index (κ1) is 16.1. The summed E-state index contributed by atoms with van der Waals surface area (Å²) in [4.78, 5) is 26.5. The van der Waals surface area contributed by atoms with E-state index >= 15 is 0 Å². The Hall–Kier alpha value is -2.80. The van der Waals surface area contributed by atoms with Crippen molar-refractivity contribution in [1.29, 1.82) is 0 Å². The molecule has 0 aliphatic heterocycles. The molecule has 0 saturated heterocycles. The van der Waals surface area contributed by atoms with E-state index in [1.165, 1.54) is 22.2 Å². The van der Waals surface area contributed by atoms with Crippen molar-refractivity contribution in [2.45, 2.75) is 13.8 Å². The Morgan fingerprint density at radius 2 is 2.08 bits per heavy atom. The predicted octanol–water partition coefficient (Wildman–Crippen LogP) is 3.44. The molecule has 0 amide bonds. The van der Waals surface area contributed by atoms with E-state index in [1.54, 1.807) is 19.5 Å². The molecular formula is C17H17N5OS. The first-order valence-electron chi connectivity index (χ1n) is 7.37. The first-order valence-corrected chi connectivity index (χ1v) is 8.19. The number of aromatic nitrogens is 4. The standard InChI is InChI=1S/C17H17N5OS/c1-5-10(2)6-7-11(3)22-9-21-13-12-15(18-4)19-8-20-16(12)24-14(13)17(22)23/h5-9H,1H2,2-4H3,(H,18,19,20)/b10-6-,11-7+. The molecule has 0 aliphatic rings. The fourth-order valence-corrected chi connectivity index (χ4v) is 3.33. The fourth-order valence-electron chi connectivity index (χ4n) is 2.31. The van der Waals surface area contributed by atoms with Crippen molar-refractivity contribution >= 4 is 43.3 Å². The van der Waals surface area contributed by atoms with Crippen molar-refractivity contribution in [2.75, 3.05) is 12.4 Å². The van der Waals surface area contributed by atoms with Crippen molar-refractivity contribution in [3.05, 3.63) is 53.4 Å². The van der Waals surface area contributed by atoms with E-state index in [2.05, 4.69) is 26.8 Å². The Morgan fingerprint density at radius 1 is 1.29 bits per heavy atom. The first-order chi connectivity index (χ1) is 11.6. The van der Waals surface area contributed by atoms with Gasteiger partial charge in [0, 0.05) is 12.7 Å². The number of anilines is 1. The highest BCUT2D eigenvalue weighted by Gasteiger charge is 2.16. The summed E-state index contributed by atoms with van der Waals surface area (Å²) in [6.07, 6.45) is 8.58. The van der Waals surface area contributed by atoms with Crippen LogP contribution in [0.25, 0.3) is 26.1 Å². The van der Waals surface area contributed by atoms with Crippen LogP contribution in [0.1, 0.15) is 13.8 Å². The summed E-state index contributed by atoms with van der Waals surface area (Å²) in [6, 6.07) is 0. The van der Waals surface area contributed by atoms with Crippen LogP contribution in [-0.4, -0.2) is 26.6 Å². The Bertz CT molecular complexity index is 1060. The summed E-state index contributed by atoms with van der Waals surface area (Å²) < 4.78 is 2.11. The third kappa shape index (κ3) is 2.63. The summed E-state index contributed by atoms with van der Waals surface area (Å²) in [6.45, 7) is 7.53. The van der Waals surface area contributed by atoms with E-state index in [0.29, 0.717) is 16.0 Å². The lowest BCUT2D eigenvalue weighted by Gasteiger charge is -2.05. The van der Waals surface area contributed by atoms with Crippen molar-refractivity contribution in [3.63, 3.8) is 0 Å². The van der Waals surface area contributed by atoms with Gasteiger partial charge in [-0.25, -0.2) is 15.0 Å². The number of hydrogen-bond donors (Lipinski definition) is 1. The molecule has 0 atom stereocenters. The molecule has 24 heavy (non-hydrogen) atoms. The number of rotatable bonds is 4. The van der Waals surface area contributed by atoms with E-state index in [4.69, 9.17) is 0 Å². The predicted molar refractivity (Wildman–Crippen MR) is 100 cm³/mol. The second-order valence-corrected chi connectivity index (χ2v) is 6.27. The summed E-state index contributed by atoms with van der Waals surface area (Å²) in [5.74, 6) is 0.674. The normalized spacial score (nSPS) is 12.8. The van der Waals surface area contributed by atoms with Crippen LogP contribution >= 0.6 is 11.3 Å². The minimum atomic E-state index is -0.108. The second kappa shape index (κ2) is 6.37. The molecule has 3 aromatic rings. The van der Waals surface area contributed by atoms with Gasteiger partial charge in [-0.15, -0.1) is 11.3 Å². The van der Waals surface area contributed by atoms with Gasteiger partial charge < -0.3 is 5.32 Å². The molecular weight excluding hydrogens is 322 g/mol. The van der Waals surface area contributed by atoms with Gasteiger partial charge in [-0.3, -0.25) is 9.36 Å². The van der Waals surface area contributed by atoms with Crippen LogP contribution in [0.4, 0.5) is 5.82 Å². The third-order valence-electron chi connectivity index (χ3n) is 3.70. The van der Waals surface area contributed by atoms with Crippen LogP contribution in [0, 0.1) is 0 Å². The number of fused-ring (bicyclic) bond motifs is 3. The molecule has 3 rings (SSSR count). The molecule has 0 unspecified atom stereocenters. The average molecular weight is 339 g/mol. The maximum atomic E-state index is 12.8. The monoisotopic (exact) mass is 339 g/mol. The number of nitrogens with zero attached hydrogens (tertiary/aromatic N) is 4. The lowest BCUT2D eigenvalue weighted by molar-refractivity contribution is 0.983. The molecule has 0 radical (unpaired) electrons. The van der Waals surface area contributed by atoms with E-state index in [0.717, 1.165) is 21.5 Å². The van der Waals surface area contributed by atoms with Gasteiger partial charge in [-0.05, 0) is 19.9 Å². The number of nitrogens with one attached hydrogen (secondary N) is 1. The van der Waals surface area contributed by atoms with Crippen LogP contribution in [0.15, 0.2) is 47.8 Å². The fraction of sp³-hybridized carbons (Fsp3) is 0.176. The summed E-state index contributed by atoms with van der Waals surface area (Å²) in [7, 11) is 1.79. The number of allylic oxidation sites excluding steroid dienone is 5. The van der Waals surface area contributed by atoms with E-state index < -0.39 is 0 Å². The van der Waals surface area contributed by atoms with Gasteiger partial charge in [0.1, 0.15) is 33.5 Å². The quantitative estimate of drug-likeness (QED) is 0.737. The Morgan fingerprint density at radius 3 is 2.79 bits per heavy atom. The molecule has 0 aliphatic carbocycles. The molecule has 0 fully saturated rings. The SMILES string of the molecule is C=C/C(C)=C\C=C(/C)n1cnc2c(sc3ncnc(NC)c32)c1=O. The molecule has 3 aromatic heterocycles. The molecule has 7 heteroatoms. The molecule has 0 saturated carbocycles. The second-order valence-electron chi connectivity index (χ2n) is 5.27. The zero-order chi connectivity index (χ0) is 17.3. The van der Waals surface area contributed by atoms with Gasteiger partial charge in [0.15, 0.2) is 0 Å². The molecule has 3 heterocycles. The van der Waals surface area contributed by atoms with Gasteiger partial charge in [-0.2, -0.15) is 0 Å². The van der Waals surface area contributed by atoms with Crippen LogP contribution in [0.2, 0.25) is 0 Å². The van der Waals surface area contributed by atoms with Crippen LogP contribution in [0.3, 0.4) is 0 Å². The van der Waals surface area contributed by atoms with Gasteiger partial charge in [0.25, 0.3) is 5.56 Å². The molecule has 1 N–H and O–H groups in total. The lowest BCUT2D eigenvalue weighted by atomic mass is 10.2. The van der Waals surface area contributed by atoms with E-state index in [1.807, 2.05) is 26.0 Å². The Labute approximate surface area is 142 Å². The molecule has 0 spiro atoms. The van der Waals surface area contributed by atoms with Gasteiger partial charge in [0.2, 0.25) is 0 Å². The zero-order valence-electron chi connectivity index (χ0n) is 13.7. The van der Waals surface area contributed by atoms with Gasteiger partial charge >= 0.3 is 0 Å². The molecule has 6 nitrogen and oxygen atoms in total. The van der Waals surface area contributed by atoms with Crippen molar-refractivity contribution < 1.29 is 0 Å². The van der Waals surface area contributed by atoms with Crippen molar-refractivity contribution in [1.82, 2.24) is 19.5 Å². The smallest absolute Gasteiger partial charge is 0.275 e. The highest BCUT2D eigenvalue weighted by atomic mass is 32.1. The van der Waals surface area contributed by atoms with Crippen molar-refractivity contribution in [3.8, 4) is 0 Å². The maximum absolute atomic E-state index is 12.8. The minimum Gasteiger partial charge on any atom is -0.372 e. The van der Waals surface area contributed by atoms with Crippen LogP contribution < -0.4 is 10.9 Å². The lowest BCUT2D eigenvalue weighted by Crippen LogP contribution is -2.17.